The van der Waals surface area contributed by atoms with Crippen molar-refractivity contribution in [3.8, 4) is 0 Å². The molecule has 4 nitrogen and oxygen atoms in total. The number of anilines is 2. The summed E-state index contributed by atoms with van der Waals surface area (Å²) in [5.74, 6) is 2.93. The van der Waals surface area contributed by atoms with Crippen molar-refractivity contribution in [2.45, 2.75) is 39.5 Å². The highest BCUT2D eigenvalue weighted by atomic mass is 15.1. The van der Waals surface area contributed by atoms with Crippen molar-refractivity contribution in [1.82, 2.24) is 9.97 Å². The first-order valence-electron chi connectivity index (χ1n) is 7.04. The maximum atomic E-state index is 4.37. The van der Waals surface area contributed by atoms with Gasteiger partial charge in [0.1, 0.15) is 18.0 Å². The van der Waals surface area contributed by atoms with E-state index in [2.05, 4.69) is 34.4 Å². The molecule has 0 atom stereocenters. The fraction of sp³-hybridized carbons (Fsp3) is 0.714. The lowest BCUT2D eigenvalue weighted by atomic mass is 10.0. The molecule has 2 aliphatic rings. The average molecular weight is 246 g/mol. The van der Waals surface area contributed by atoms with Gasteiger partial charge in [-0.25, -0.2) is 9.97 Å². The minimum absolute atomic E-state index is 0.607. The maximum Gasteiger partial charge on any atom is 0.134 e. The molecule has 4 heteroatoms. The molecule has 1 heterocycles. The predicted octanol–water partition coefficient (Wildman–Crippen LogP) is 2.82. The third-order valence-corrected chi connectivity index (χ3v) is 4.37. The van der Waals surface area contributed by atoms with Gasteiger partial charge in [0.05, 0.1) is 0 Å². The van der Waals surface area contributed by atoms with Crippen molar-refractivity contribution in [1.29, 1.82) is 0 Å². The smallest absolute Gasteiger partial charge is 0.134 e. The van der Waals surface area contributed by atoms with Crippen LogP contribution in [0.5, 0.6) is 0 Å². The summed E-state index contributed by atoms with van der Waals surface area (Å²) in [4.78, 5) is 8.64. The Kier molecular flexibility index (Phi) is 2.88. The second-order valence-electron chi connectivity index (χ2n) is 5.72. The fourth-order valence-electron chi connectivity index (χ4n) is 2.82. The molecule has 0 aromatic carbocycles. The summed E-state index contributed by atoms with van der Waals surface area (Å²) in [6, 6.07) is 0. The number of hydrogen-bond donors (Lipinski definition) is 2. The van der Waals surface area contributed by atoms with Gasteiger partial charge in [-0.1, -0.05) is 0 Å². The van der Waals surface area contributed by atoms with E-state index in [1.54, 1.807) is 6.33 Å². The van der Waals surface area contributed by atoms with E-state index in [9.17, 15) is 0 Å². The molecule has 2 fully saturated rings. The number of aromatic nitrogens is 2. The molecule has 0 aliphatic heterocycles. The van der Waals surface area contributed by atoms with Gasteiger partial charge in [0.2, 0.25) is 0 Å². The van der Waals surface area contributed by atoms with Crippen molar-refractivity contribution in [3.63, 3.8) is 0 Å². The number of hydrogen-bond acceptors (Lipinski definition) is 4. The summed E-state index contributed by atoms with van der Waals surface area (Å²) in [7, 11) is 0. The van der Waals surface area contributed by atoms with Gasteiger partial charge in [-0.2, -0.15) is 0 Å². The van der Waals surface area contributed by atoms with E-state index < -0.39 is 0 Å². The Morgan fingerprint density at radius 3 is 2.44 bits per heavy atom. The summed E-state index contributed by atoms with van der Waals surface area (Å²) in [5, 5.41) is 6.82. The molecule has 1 aromatic heterocycles. The van der Waals surface area contributed by atoms with E-state index >= 15 is 0 Å². The SMILES string of the molecule is CCNc1ncnc(NCC2(C3CC3)CC2)c1C. The quantitative estimate of drug-likeness (QED) is 0.810. The molecule has 1 aromatic rings. The molecule has 0 saturated heterocycles. The third kappa shape index (κ3) is 2.16. The van der Waals surface area contributed by atoms with Crippen molar-refractivity contribution in [2.24, 2.45) is 11.3 Å². The van der Waals surface area contributed by atoms with Crippen LogP contribution in [0.25, 0.3) is 0 Å². The summed E-state index contributed by atoms with van der Waals surface area (Å²) in [6.07, 6.45) is 7.31. The van der Waals surface area contributed by atoms with E-state index in [0.717, 1.165) is 36.2 Å². The van der Waals surface area contributed by atoms with Crippen LogP contribution in [-0.4, -0.2) is 23.1 Å². The average Bonchev–Trinajstić information content (AvgIpc) is 3.24. The standard InChI is InChI=1S/C14H22N4/c1-3-15-12-10(2)13(18-9-17-12)16-8-14(6-7-14)11-4-5-11/h9,11H,3-8H2,1-2H3,(H2,15,16,17,18). The first kappa shape index (κ1) is 11.8. The van der Waals surface area contributed by atoms with Crippen LogP contribution in [0.2, 0.25) is 0 Å². The van der Waals surface area contributed by atoms with Crippen LogP contribution in [0.15, 0.2) is 6.33 Å². The predicted molar refractivity (Wildman–Crippen MR) is 73.8 cm³/mol. The summed E-state index contributed by atoms with van der Waals surface area (Å²) in [5.41, 5.74) is 1.74. The Labute approximate surface area is 109 Å². The maximum absolute atomic E-state index is 4.37. The van der Waals surface area contributed by atoms with Crippen molar-refractivity contribution < 1.29 is 0 Å². The highest BCUT2D eigenvalue weighted by Crippen LogP contribution is 2.61. The van der Waals surface area contributed by atoms with Crippen LogP contribution in [-0.2, 0) is 0 Å². The van der Waals surface area contributed by atoms with Crippen LogP contribution in [0, 0.1) is 18.3 Å². The highest BCUT2D eigenvalue weighted by Gasteiger charge is 2.53. The normalized spacial score (nSPS) is 20.6. The monoisotopic (exact) mass is 246 g/mol. The summed E-state index contributed by atoms with van der Waals surface area (Å²) in [6.45, 7) is 6.14. The minimum Gasteiger partial charge on any atom is -0.370 e. The molecular weight excluding hydrogens is 224 g/mol. The Morgan fingerprint density at radius 1 is 1.22 bits per heavy atom. The zero-order chi connectivity index (χ0) is 12.6. The number of nitrogens with one attached hydrogen (secondary N) is 2. The lowest BCUT2D eigenvalue weighted by molar-refractivity contribution is 0.466. The van der Waals surface area contributed by atoms with E-state index in [1.807, 2.05) is 0 Å². The van der Waals surface area contributed by atoms with E-state index in [0.29, 0.717) is 5.41 Å². The number of rotatable bonds is 6. The van der Waals surface area contributed by atoms with Gasteiger partial charge in [0.25, 0.3) is 0 Å². The zero-order valence-electron chi connectivity index (χ0n) is 11.3. The Hall–Kier alpha value is -1.32. The van der Waals surface area contributed by atoms with Crippen LogP contribution in [0.1, 0.15) is 38.2 Å². The third-order valence-electron chi connectivity index (χ3n) is 4.37. The van der Waals surface area contributed by atoms with Gasteiger partial charge < -0.3 is 10.6 Å². The lowest BCUT2D eigenvalue weighted by Gasteiger charge is -2.17. The molecular formula is C14H22N4. The highest BCUT2D eigenvalue weighted by molar-refractivity contribution is 5.56. The molecule has 2 N–H and O–H groups in total. The van der Waals surface area contributed by atoms with Crippen LogP contribution < -0.4 is 10.6 Å². The van der Waals surface area contributed by atoms with Crippen LogP contribution in [0.3, 0.4) is 0 Å². The topological polar surface area (TPSA) is 49.8 Å². The zero-order valence-corrected chi connectivity index (χ0v) is 11.3. The van der Waals surface area contributed by atoms with Gasteiger partial charge in [-0.15, -0.1) is 0 Å². The van der Waals surface area contributed by atoms with Crippen LogP contribution in [0.4, 0.5) is 11.6 Å². The molecule has 98 valence electrons. The molecule has 0 amide bonds. The fourth-order valence-corrected chi connectivity index (χ4v) is 2.82. The first-order chi connectivity index (χ1) is 8.75. The van der Waals surface area contributed by atoms with Gasteiger partial charge in [-0.3, -0.25) is 0 Å². The molecule has 2 aliphatic carbocycles. The van der Waals surface area contributed by atoms with Crippen molar-refractivity contribution in [2.75, 3.05) is 23.7 Å². The second kappa shape index (κ2) is 4.41. The Bertz CT molecular complexity index is 435. The Balaban J connectivity index is 1.67. The second-order valence-corrected chi connectivity index (χ2v) is 5.72. The van der Waals surface area contributed by atoms with E-state index in [4.69, 9.17) is 0 Å². The van der Waals surface area contributed by atoms with E-state index in [-0.39, 0.29) is 0 Å². The van der Waals surface area contributed by atoms with Gasteiger partial charge in [-0.05, 0) is 50.9 Å². The molecule has 0 radical (unpaired) electrons. The number of nitrogens with zero attached hydrogens (tertiary/aromatic N) is 2. The Morgan fingerprint density at radius 2 is 1.89 bits per heavy atom. The van der Waals surface area contributed by atoms with Gasteiger partial charge in [0.15, 0.2) is 0 Å². The molecule has 18 heavy (non-hydrogen) atoms. The summed E-state index contributed by atoms with van der Waals surface area (Å²) < 4.78 is 0. The van der Waals surface area contributed by atoms with Crippen LogP contribution >= 0.6 is 0 Å². The summed E-state index contributed by atoms with van der Waals surface area (Å²) >= 11 is 0. The first-order valence-corrected chi connectivity index (χ1v) is 7.04. The van der Waals surface area contributed by atoms with Crippen molar-refractivity contribution >= 4 is 11.6 Å². The lowest BCUT2D eigenvalue weighted by Crippen LogP contribution is -2.19. The molecule has 0 bridgehead atoms. The largest absolute Gasteiger partial charge is 0.370 e. The molecule has 3 rings (SSSR count). The molecule has 0 spiro atoms. The molecule has 0 unspecified atom stereocenters. The van der Waals surface area contributed by atoms with Crippen molar-refractivity contribution in [3.05, 3.63) is 11.9 Å². The van der Waals surface area contributed by atoms with Gasteiger partial charge in [0, 0.05) is 18.7 Å². The minimum atomic E-state index is 0.607. The van der Waals surface area contributed by atoms with Gasteiger partial charge >= 0.3 is 0 Å². The van der Waals surface area contributed by atoms with E-state index in [1.165, 1.54) is 25.7 Å². The molecule has 2 saturated carbocycles.